The Labute approximate surface area is 99.1 Å². The van der Waals surface area contributed by atoms with Gasteiger partial charge < -0.3 is 5.73 Å². The quantitative estimate of drug-likeness (QED) is 0.827. The molecule has 86 valence electrons. The van der Waals surface area contributed by atoms with Gasteiger partial charge in [0.15, 0.2) is 11.6 Å². The minimum atomic E-state index is -0.0290. The Morgan fingerprint density at radius 1 is 1.31 bits per heavy atom. The molecule has 2 N–H and O–H groups in total. The van der Waals surface area contributed by atoms with Crippen LogP contribution in [0.3, 0.4) is 0 Å². The molecule has 0 aliphatic rings. The van der Waals surface area contributed by atoms with Gasteiger partial charge in [-0.25, -0.2) is 9.67 Å². The summed E-state index contributed by atoms with van der Waals surface area (Å²) in [5.74, 6) is 1.74. The van der Waals surface area contributed by atoms with Crippen LogP contribution in [0.4, 0.5) is 5.00 Å². The molecule has 2 heterocycles. The number of nitrogens with two attached hydrogens (primary N) is 1. The van der Waals surface area contributed by atoms with E-state index < -0.39 is 0 Å². The molecule has 0 aliphatic carbocycles. The summed E-state index contributed by atoms with van der Waals surface area (Å²) in [7, 11) is 1.91. The van der Waals surface area contributed by atoms with Crippen LogP contribution < -0.4 is 5.73 Å². The molecule has 16 heavy (non-hydrogen) atoms. The summed E-state index contributed by atoms with van der Waals surface area (Å²) in [6, 6.07) is 3.88. The van der Waals surface area contributed by atoms with Crippen LogP contribution in [-0.4, -0.2) is 14.8 Å². The Hall–Kier alpha value is -1.36. The number of anilines is 1. The molecule has 2 aromatic rings. The third-order valence-corrected chi connectivity index (χ3v) is 3.19. The van der Waals surface area contributed by atoms with Gasteiger partial charge in [-0.05, 0) is 12.1 Å². The van der Waals surface area contributed by atoms with Gasteiger partial charge in [-0.3, -0.25) is 0 Å². The zero-order valence-electron chi connectivity index (χ0n) is 9.98. The molecular weight excluding hydrogens is 220 g/mol. The third-order valence-electron chi connectivity index (χ3n) is 2.28. The molecule has 0 bridgehead atoms. The first-order chi connectivity index (χ1) is 7.38. The van der Waals surface area contributed by atoms with Crippen molar-refractivity contribution < 1.29 is 0 Å². The second-order valence-electron chi connectivity index (χ2n) is 4.83. The molecule has 0 fully saturated rings. The highest BCUT2D eigenvalue weighted by molar-refractivity contribution is 7.19. The largest absolute Gasteiger partial charge is 0.391 e. The zero-order chi connectivity index (χ0) is 11.9. The summed E-state index contributed by atoms with van der Waals surface area (Å²) < 4.78 is 1.81. The van der Waals surface area contributed by atoms with Gasteiger partial charge in [0, 0.05) is 12.5 Å². The molecule has 0 saturated heterocycles. The Bertz CT molecular complexity index is 504. The Kier molecular flexibility index (Phi) is 2.50. The van der Waals surface area contributed by atoms with Crippen molar-refractivity contribution in [1.29, 1.82) is 0 Å². The second kappa shape index (κ2) is 3.59. The molecule has 4 nitrogen and oxygen atoms in total. The molecule has 2 rings (SSSR count). The first kappa shape index (κ1) is 11.1. The van der Waals surface area contributed by atoms with Crippen molar-refractivity contribution >= 4 is 16.3 Å². The van der Waals surface area contributed by atoms with E-state index in [1.807, 2.05) is 23.9 Å². The Morgan fingerprint density at radius 3 is 2.44 bits per heavy atom. The van der Waals surface area contributed by atoms with Gasteiger partial charge in [0.1, 0.15) is 0 Å². The van der Waals surface area contributed by atoms with E-state index >= 15 is 0 Å². The van der Waals surface area contributed by atoms with Crippen molar-refractivity contribution in [2.45, 2.75) is 26.2 Å². The van der Waals surface area contributed by atoms with Gasteiger partial charge in [0.25, 0.3) is 0 Å². The van der Waals surface area contributed by atoms with Crippen molar-refractivity contribution in [2.24, 2.45) is 7.05 Å². The molecule has 0 aliphatic heterocycles. The third kappa shape index (κ3) is 1.95. The average molecular weight is 236 g/mol. The summed E-state index contributed by atoms with van der Waals surface area (Å²) >= 11 is 1.53. The number of nitrogens with zero attached hydrogens (tertiary/aromatic N) is 3. The summed E-state index contributed by atoms with van der Waals surface area (Å²) in [6.07, 6.45) is 0. The summed E-state index contributed by atoms with van der Waals surface area (Å²) in [4.78, 5) is 5.63. The first-order valence-corrected chi connectivity index (χ1v) is 5.97. The smallest absolute Gasteiger partial charge is 0.168 e. The van der Waals surface area contributed by atoms with Gasteiger partial charge in [-0.15, -0.1) is 11.3 Å². The van der Waals surface area contributed by atoms with Crippen molar-refractivity contribution in [2.75, 3.05) is 5.73 Å². The molecule has 0 aromatic carbocycles. The number of aryl methyl sites for hydroxylation is 1. The first-order valence-electron chi connectivity index (χ1n) is 5.15. The number of hydrogen-bond acceptors (Lipinski definition) is 4. The molecule has 0 spiro atoms. The van der Waals surface area contributed by atoms with Crippen molar-refractivity contribution in [3.63, 3.8) is 0 Å². The topological polar surface area (TPSA) is 56.7 Å². The maximum Gasteiger partial charge on any atom is 0.168 e. The molecule has 5 heteroatoms. The van der Waals surface area contributed by atoms with Gasteiger partial charge >= 0.3 is 0 Å². The molecule has 0 atom stereocenters. The van der Waals surface area contributed by atoms with E-state index in [9.17, 15) is 0 Å². The van der Waals surface area contributed by atoms with Crippen LogP contribution in [0.5, 0.6) is 0 Å². The van der Waals surface area contributed by atoms with Crippen LogP contribution in [0, 0.1) is 0 Å². The molecule has 2 aromatic heterocycles. The number of hydrogen-bond donors (Lipinski definition) is 1. The highest BCUT2D eigenvalue weighted by atomic mass is 32.1. The van der Waals surface area contributed by atoms with Crippen molar-refractivity contribution in [1.82, 2.24) is 14.8 Å². The van der Waals surface area contributed by atoms with Gasteiger partial charge in [-0.1, -0.05) is 20.8 Å². The monoisotopic (exact) mass is 236 g/mol. The standard InChI is InChI=1S/C11H16N4S/c1-11(2,3)10-13-9(15(4)14-10)7-5-6-8(12)16-7/h5-6H,12H2,1-4H3. The highest BCUT2D eigenvalue weighted by Gasteiger charge is 2.21. The zero-order valence-corrected chi connectivity index (χ0v) is 10.8. The molecule has 0 radical (unpaired) electrons. The number of thiophene rings is 1. The van der Waals surface area contributed by atoms with E-state index in [1.54, 1.807) is 0 Å². The fraction of sp³-hybridized carbons (Fsp3) is 0.455. The fourth-order valence-electron chi connectivity index (χ4n) is 1.39. The summed E-state index contributed by atoms with van der Waals surface area (Å²) in [5.41, 5.74) is 5.69. The van der Waals surface area contributed by atoms with Gasteiger partial charge in [0.05, 0.1) is 9.88 Å². The van der Waals surface area contributed by atoms with E-state index in [0.29, 0.717) is 0 Å². The van der Waals surface area contributed by atoms with E-state index in [1.165, 1.54) is 11.3 Å². The second-order valence-corrected chi connectivity index (χ2v) is 5.95. The van der Waals surface area contributed by atoms with Crippen LogP contribution in [-0.2, 0) is 12.5 Å². The SMILES string of the molecule is Cn1nc(C(C)(C)C)nc1-c1ccc(N)s1. The Balaban J connectivity index is 2.47. The maximum atomic E-state index is 5.72. The lowest BCUT2D eigenvalue weighted by Crippen LogP contribution is -2.13. The summed E-state index contributed by atoms with van der Waals surface area (Å²) in [5, 5.41) is 5.24. The van der Waals surface area contributed by atoms with Gasteiger partial charge in [-0.2, -0.15) is 5.10 Å². The van der Waals surface area contributed by atoms with E-state index in [0.717, 1.165) is 21.5 Å². The lowest BCUT2D eigenvalue weighted by atomic mass is 9.96. The Morgan fingerprint density at radius 2 is 2.00 bits per heavy atom. The number of rotatable bonds is 1. The van der Waals surface area contributed by atoms with E-state index in [2.05, 4.69) is 30.9 Å². The van der Waals surface area contributed by atoms with Crippen molar-refractivity contribution in [3.8, 4) is 10.7 Å². The van der Waals surface area contributed by atoms with Crippen LogP contribution in [0.1, 0.15) is 26.6 Å². The maximum absolute atomic E-state index is 5.72. The van der Waals surface area contributed by atoms with Crippen LogP contribution in [0.25, 0.3) is 10.7 Å². The van der Waals surface area contributed by atoms with E-state index in [4.69, 9.17) is 5.73 Å². The molecule has 0 amide bonds. The minimum absolute atomic E-state index is 0.0290. The molecule has 0 unspecified atom stereocenters. The van der Waals surface area contributed by atoms with E-state index in [-0.39, 0.29) is 5.41 Å². The number of nitrogen functional groups attached to an aromatic ring is 1. The molecular formula is C11H16N4S. The van der Waals surface area contributed by atoms with Crippen LogP contribution >= 0.6 is 11.3 Å². The lowest BCUT2D eigenvalue weighted by Gasteiger charge is -2.11. The van der Waals surface area contributed by atoms with Crippen LogP contribution in [0.15, 0.2) is 12.1 Å². The molecule has 0 saturated carbocycles. The summed E-state index contributed by atoms with van der Waals surface area (Å²) in [6.45, 7) is 6.32. The average Bonchev–Trinajstić information content (AvgIpc) is 2.70. The fourth-order valence-corrected chi connectivity index (χ4v) is 2.18. The van der Waals surface area contributed by atoms with Crippen molar-refractivity contribution in [3.05, 3.63) is 18.0 Å². The minimum Gasteiger partial charge on any atom is -0.391 e. The normalized spacial score (nSPS) is 12.0. The van der Waals surface area contributed by atoms with Crippen LogP contribution in [0.2, 0.25) is 0 Å². The predicted octanol–water partition coefficient (Wildman–Crippen LogP) is 2.42. The highest BCUT2D eigenvalue weighted by Crippen LogP contribution is 2.29. The predicted molar refractivity (Wildman–Crippen MR) is 67.4 cm³/mol. The number of aromatic nitrogens is 3. The van der Waals surface area contributed by atoms with Gasteiger partial charge in [0.2, 0.25) is 0 Å². The lowest BCUT2D eigenvalue weighted by molar-refractivity contribution is 0.538.